The second-order valence-electron chi connectivity index (χ2n) is 6.36. The van der Waals surface area contributed by atoms with Gasteiger partial charge in [-0.1, -0.05) is 29.8 Å². The van der Waals surface area contributed by atoms with E-state index in [9.17, 15) is 4.79 Å². The second-order valence-corrected chi connectivity index (χ2v) is 7.25. The lowest BCUT2D eigenvalue weighted by atomic mass is 9.98. The van der Waals surface area contributed by atoms with Gasteiger partial charge in [-0.2, -0.15) is 0 Å². The largest absolute Gasteiger partial charge is 0.383 e. The number of rotatable bonds is 6. The maximum Gasteiger partial charge on any atom is 0.251 e. The van der Waals surface area contributed by atoms with Crippen molar-refractivity contribution in [3.63, 3.8) is 0 Å². The molecule has 4 nitrogen and oxygen atoms in total. The molecule has 3 rings (SSSR count). The summed E-state index contributed by atoms with van der Waals surface area (Å²) in [4.78, 5) is 17.9. The zero-order valence-corrected chi connectivity index (χ0v) is 16.0. The van der Waals surface area contributed by atoms with Gasteiger partial charge >= 0.3 is 0 Å². The minimum absolute atomic E-state index is 0.0533. The molecule has 1 unspecified atom stereocenters. The van der Waals surface area contributed by atoms with Gasteiger partial charge in [-0.25, -0.2) is 0 Å². The standard InChI is InChI=1S/C21H22N2O2S/c1-14-4-6-16(7-5-14)17-8-18(20-11-22-13-26-20)10-19(9-17)21(24)23-15(2)12-25-3/h4-11,13,15H,12H2,1-3H3,(H,23,24). The van der Waals surface area contributed by atoms with Crippen LogP contribution in [-0.4, -0.2) is 30.6 Å². The van der Waals surface area contributed by atoms with Gasteiger partial charge in [0.1, 0.15) is 0 Å². The molecule has 1 heterocycles. The van der Waals surface area contributed by atoms with Crippen molar-refractivity contribution in [2.75, 3.05) is 13.7 Å². The van der Waals surface area contributed by atoms with Crippen molar-refractivity contribution in [3.05, 3.63) is 65.3 Å². The van der Waals surface area contributed by atoms with Gasteiger partial charge in [0.05, 0.1) is 17.0 Å². The van der Waals surface area contributed by atoms with E-state index in [1.807, 2.05) is 25.3 Å². The Balaban J connectivity index is 2.00. The molecule has 0 spiro atoms. The van der Waals surface area contributed by atoms with E-state index in [0.717, 1.165) is 21.6 Å². The number of carbonyl (C=O) groups is 1. The maximum absolute atomic E-state index is 12.7. The molecule has 3 aromatic rings. The molecule has 1 aromatic heterocycles. The van der Waals surface area contributed by atoms with Gasteiger partial charge in [0, 0.05) is 24.9 Å². The summed E-state index contributed by atoms with van der Waals surface area (Å²) in [5.74, 6) is -0.103. The van der Waals surface area contributed by atoms with Crippen LogP contribution in [0.15, 0.2) is 54.2 Å². The summed E-state index contributed by atoms with van der Waals surface area (Å²) < 4.78 is 5.11. The molecule has 0 fully saturated rings. The quantitative estimate of drug-likeness (QED) is 0.696. The van der Waals surface area contributed by atoms with Crippen molar-refractivity contribution < 1.29 is 9.53 Å². The third-order valence-corrected chi connectivity index (χ3v) is 4.91. The lowest BCUT2D eigenvalue weighted by Gasteiger charge is -2.14. The number of hydrogen-bond donors (Lipinski definition) is 1. The number of thiazole rings is 1. The molecule has 1 N–H and O–H groups in total. The number of hydrogen-bond acceptors (Lipinski definition) is 4. The number of carbonyl (C=O) groups excluding carboxylic acids is 1. The molecule has 1 amide bonds. The van der Waals surface area contributed by atoms with Crippen LogP contribution in [-0.2, 0) is 4.74 Å². The molecule has 26 heavy (non-hydrogen) atoms. The van der Waals surface area contributed by atoms with Crippen molar-refractivity contribution in [2.45, 2.75) is 19.9 Å². The Morgan fingerprint density at radius 3 is 2.54 bits per heavy atom. The summed E-state index contributed by atoms with van der Waals surface area (Å²) >= 11 is 1.56. The normalized spacial score (nSPS) is 12.0. The van der Waals surface area contributed by atoms with Crippen molar-refractivity contribution >= 4 is 17.2 Å². The maximum atomic E-state index is 12.7. The van der Waals surface area contributed by atoms with Gasteiger partial charge in [-0.15, -0.1) is 11.3 Å². The number of aromatic nitrogens is 1. The van der Waals surface area contributed by atoms with E-state index in [2.05, 4.69) is 47.6 Å². The van der Waals surface area contributed by atoms with Crippen molar-refractivity contribution in [2.24, 2.45) is 0 Å². The van der Waals surface area contributed by atoms with Crippen LogP contribution in [0, 0.1) is 6.92 Å². The monoisotopic (exact) mass is 366 g/mol. The van der Waals surface area contributed by atoms with Crippen LogP contribution in [0.1, 0.15) is 22.8 Å². The summed E-state index contributed by atoms with van der Waals surface area (Å²) in [6, 6.07) is 14.2. The lowest BCUT2D eigenvalue weighted by Crippen LogP contribution is -2.35. The highest BCUT2D eigenvalue weighted by Gasteiger charge is 2.14. The molecule has 0 aliphatic rings. The summed E-state index contributed by atoms with van der Waals surface area (Å²) in [5.41, 5.74) is 6.73. The fourth-order valence-electron chi connectivity index (χ4n) is 2.77. The molecular formula is C21H22N2O2S. The predicted octanol–water partition coefficient (Wildman–Crippen LogP) is 4.55. The van der Waals surface area contributed by atoms with Crippen molar-refractivity contribution in [1.82, 2.24) is 10.3 Å². The van der Waals surface area contributed by atoms with Crippen LogP contribution in [0.25, 0.3) is 21.6 Å². The average Bonchev–Trinajstić information content (AvgIpc) is 3.17. The fourth-order valence-corrected chi connectivity index (χ4v) is 3.38. The van der Waals surface area contributed by atoms with Crippen LogP contribution >= 0.6 is 11.3 Å². The summed E-state index contributed by atoms with van der Waals surface area (Å²) in [6.07, 6.45) is 1.83. The smallest absolute Gasteiger partial charge is 0.251 e. The topological polar surface area (TPSA) is 51.2 Å². The van der Waals surface area contributed by atoms with Crippen LogP contribution < -0.4 is 5.32 Å². The van der Waals surface area contributed by atoms with E-state index in [4.69, 9.17) is 4.74 Å². The van der Waals surface area contributed by atoms with Gasteiger partial charge in [0.25, 0.3) is 5.91 Å². The SMILES string of the molecule is COCC(C)NC(=O)c1cc(-c2ccc(C)cc2)cc(-c2cncs2)c1. The van der Waals surface area contributed by atoms with E-state index < -0.39 is 0 Å². The molecule has 0 aliphatic carbocycles. The van der Waals surface area contributed by atoms with Crippen LogP contribution in [0.2, 0.25) is 0 Å². The third kappa shape index (κ3) is 4.36. The molecule has 0 bridgehead atoms. The van der Waals surface area contributed by atoms with Gasteiger partial charge in [0.15, 0.2) is 0 Å². The van der Waals surface area contributed by atoms with E-state index in [1.165, 1.54) is 5.56 Å². The Bertz CT molecular complexity index is 874. The molecule has 0 aliphatic heterocycles. The minimum atomic E-state index is -0.103. The van der Waals surface area contributed by atoms with Gasteiger partial charge in [-0.05, 0) is 48.7 Å². The zero-order chi connectivity index (χ0) is 18.5. The van der Waals surface area contributed by atoms with Crippen LogP contribution in [0.4, 0.5) is 0 Å². The Kier molecular flexibility index (Phi) is 5.81. The molecule has 134 valence electrons. The number of nitrogens with one attached hydrogen (secondary N) is 1. The summed E-state index contributed by atoms with van der Waals surface area (Å²) in [6.45, 7) is 4.47. The second kappa shape index (κ2) is 8.25. The molecule has 2 aromatic carbocycles. The van der Waals surface area contributed by atoms with Crippen molar-refractivity contribution in [1.29, 1.82) is 0 Å². The van der Waals surface area contributed by atoms with Crippen LogP contribution in [0.3, 0.4) is 0 Å². The van der Waals surface area contributed by atoms with Crippen LogP contribution in [0.5, 0.6) is 0 Å². The lowest BCUT2D eigenvalue weighted by molar-refractivity contribution is 0.0905. The first-order valence-corrected chi connectivity index (χ1v) is 9.35. The summed E-state index contributed by atoms with van der Waals surface area (Å²) in [7, 11) is 1.63. The molecule has 0 saturated carbocycles. The molecule has 0 saturated heterocycles. The molecule has 5 heteroatoms. The zero-order valence-electron chi connectivity index (χ0n) is 15.2. The average molecular weight is 366 g/mol. The van der Waals surface area contributed by atoms with E-state index in [1.54, 1.807) is 24.0 Å². The number of aryl methyl sites for hydroxylation is 1. The molecule has 0 radical (unpaired) electrons. The Morgan fingerprint density at radius 1 is 1.15 bits per heavy atom. The van der Waals surface area contributed by atoms with Crippen molar-refractivity contribution in [3.8, 4) is 21.6 Å². The Labute approximate surface area is 157 Å². The Morgan fingerprint density at radius 2 is 1.88 bits per heavy atom. The first kappa shape index (κ1) is 18.3. The van der Waals surface area contributed by atoms with Gasteiger partial charge in [0.2, 0.25) is 0 Å². The first-order valence-electron chi connectivity index (χ1n) is 8.47. The fraction of sp³-hybridized carbons (Fsp3) is 0.238. The predicted molar refractivity (Wildman–Crippen MR) is 107 cm³/mol. The minimum Gasteiger partial charge on any atom is -0.383 e. The van der Waals surface area contributed by atoms with E-state index in [0.29, 0.717) is 12.2 Å². The highest BCUT2D eigenvalue weighted by molar-refractivity contribution is 7.13. The van der Waals surface area contributed by atoms with E-state index in [-0.39, 0.29) is 11.9 Å². The number of ether oxygens (including phenoxy) is 1. The number of amides is 1. The highest BCUT2D eigenvalue weighted by Crippen LogP contribution is 2.30. The number of methoxy groups -OCH3 is 1. The third-order valence-electron chi connectivity index (χ3n) is 4.09. The highest BCUT2D eigenvalue weighted by atomic mass is 32.1. The molecule has 1 atom stereocenters. The Hall–Kier alpha value is -2.50. The first-order chi connectivity index (χ1) is 12.6. The van der Waals surface area contributed by atoms with E-state index >= 15 is 0 Å². The summed E-state index contributed by atoms with van der Waals surface area (Å²) in [5, 5.41) is 2.98. The van der Waals surface area contributed by atoms with Gasteiger partial charge < -0.3 is 10.1 Å². The molecular weight excluding hydrogens is 344 g/mol. The van der Waals surface area contributed by atoms with Gasteiger partial charge in [-0.3, -0.25) is 9.78 Å². The number of benzene rings is 2. The number of nitrogens with zero attached hydrogens (tertiary/aromatic N) is 1.